The second-order valence-corrected chi connectivity index (χ2v) is 12.7. The van der Waals surface area contributed by atoms with Crippen molar-refractivity contribution in [2.24, 2.45) is 34.5 Å². The SMILES string of the molecule is CCC(C)C(=O)O[C@H](C)[C@]1(O)CC[C@]2(O)[C@@H]3CC[C@H]4C[C@@H](O)CC[C@]4(C)[C@H]3C[C@@H](OC(C)=O)[C@]12C. The highest BCUT2D eigenvalue weighted by molar-refractivity contribution is 5.72. The Balaban J connectivity index is 1.74. The van der Waals surface area contributed by atoms with Crippen LogP contribution in [0.5, 0.6) is 0 Å². The number of fused-ring (bicyclic) bond motifs is 5. The summed E-state index contributed by atoms with van der Waals surface area (Å²) in [6.45, 7) is 10.9. The number of carbonyl (C=O) groups excluding carboxylic acids is 2. The molecule has 0 radical (unpaired) electrons. The lowest BCUT2D eigenvalue weighted by atomic mass is 9.42. The fraction of sp³-hybridized carbons (Fsp3) is 0.929. The number of hydrogen-bond acceptors (Lipinski definition) is 7. The molecular formula is C28H46O7. The van der Waals surface area contributed by atoms with Gasteiger partial charge >= 0.3 is 11.9 Å². The first-order chi connectivity index (χ1) is 16.2. The first-order valence-electron chi connectivity index (χ1n) is 13.7. The van der Waals surface area contributed by atoms with Gasteiger partial charge in [0, 0.05) is 6.92 Å². The Morgan fingerprint density at radius 2 is 1.69 bits per heavy atom. The van der Waals surface area contributed by atoms with Crippen LogP contribution in [0, 0.1) is 34.5 Å². The van der Waals surface area contributed by atoms with Crippen LogP contribution < -0.4 is 0 Å². The van der Waals surface area contributed by atoms with E-state index in [2.05, 4.69) is 6.92 Å². The number of ether oxygens (including phenoxy) is 2. The highest BCUT2D eigenvalue weighted by Gasteiger charge is 2.77. The maximum Gasteiger partial charge on any atom is 0.309 e. The molecule has 0 aliphatic heterocycles. The molecule has 35 heavy (non-hydrogen) atoms. The van der Waals surface area contributed by atoms with E-state index in [0.717, 1.165) is 32.1 Å². The van der Waals surface area contributed by atoms with Gasteiger partial charge in [-0.2, -0.15) is 0 Å². The van der Waals surface area contributed by atoms with E-state index in [1.807, 2.05) is 13.8 Å². The van der Waals surface area contributed by atoms with Crippen LogP contribution in [0.25, 0.3) is 0 Å². The van der Waals surface area contributed by atoms with Crippen LogP contribution in [0.15, 0.2) is 0 Å². The minimum Gasteiger partial charge on any atom is -0.462 e. The van der Waals surface area contributed by atoms with E-state index in [0.29, 0.717) is 25.2 Å². The van der Waals surface area contributed by atoms with E-state index in [-0.39, 0.29) is 41.7 Å². The number of esters is 2. The Morgan fingerprint density at radius 3 is 2.31 bits per heavy atom. The summed E-state index contributed by atoms with van der Waals surface area (Å²) in [5.74, 6) is -0.648. The Morgan fingerprint density at radius 1 is 1.00 bits per heavy atom. The van der Waals surface area contributed by atoms with Crippen molar-refractivity contribution in [1.29, 1.82) is 0 Å². The molecule has 0 aromatic heterocycles. The summed E-state index contributed by atoms with van der Waals surface area (Å²) in [5.41, 5.74) is -4.03. The van der Waals surface area contributed by atoms with Crippen molar-refractivity contribution in [2.45, 2.75) is 129 Å². The van der Waals surface area contributed by atoms with Crippen molar-refractivity contribution in [3.63, 3.8) is 0 Å². The standard InChI is InChI=1S/C28H46O7/c1-7-16(2)24(31)34-17(3)27(32)12-13-28(33)21-9-8-19-14-20(30)10-11-25(19,5)22(21)15-23(26(27,28)6)35-18(4)29/h16-17,19-23,30,32-33H,7-15H2,1-6H3/t16?,17-,19+,20+,21-,22+,23-,25+,26-,27-,28+/m1/s1. The minimum atomic E-state index is -1.53. The predicted octanol–water partition coefficient (Wildman–Crippen LogP) is 3.76. The molecule has 4 aliphatic rings. The van der Waals surface area contributed by atoms with Gasteiger partial charge in [-0.15, -0.1) is 0 Å². The van der Waals surface area contributed by atoms with Crippen LogP contribution in [-0.2, 0) is 19.1 Å². The number of hydrogen-bond donors (Lipinski definition) is 3. The predicted molar refractivity (Wildman–Crippen MR) is 130 cm³/mol. The minimum absolute atomic E-state index is 0.0534. The monoisotopic (exact) mass is 494 g/mol. The largest absolute Gasteiger partial charge is 0.462 e. The highest BCUT2D eigenvalue weighted by atomic mass is 16.6. The summed E-state index contributed by atoms with van der Waals surface area (Å²) in [6.07, 6.45) is 4.16. The van der Waals surface area contributed by atoms with Crippen molar-refractivity contribution >= 4 is 11.9 Å². The van der Waals surface area contributed by atoms with Gasteiger partial charge in [-0.3, -0.25) is 9.59 Å². The van der Waals surface area contributed by atoms with Gasteiger partial charge in [0.25, 0.3) is 0 Å². The molecule has 0 amide bonds. The summed E-state index contributed by atoms with van der Waals surface area (Å²) >= 11 is 0. The third kappa shape index (κ3) is 3.78. The Bertz CT molecular complexity index is 845. The fourth-order valence-electron chi connectivity index (χ4n) is 8.80. The lowest BCUT2D eigenvalue weighted by Crippen LogP contribution is -2.72. The van der Waals surface area contributed by atoms with E-state index in [1.165, 1.54) is 6.92 Å². The summed E-state index contributed by atoms with van der Waals surface area (Å²) in [7, 11) is 0. The van der Waals surface area contributed by atoms with Crippen LogP contribution in [0.3, 0.4) is 0 Å². The summed E-state index contributed by atoms with van der Waals surface area (Å²) < 4.78 is 11.7. The molecule has 7 nitrogen and oxygen atoms in total. The molecule has 0 bridgehead atoms. The van der Waals surface area contributed by atoms with Gasteiger partial charge < -0.3 is 24.8 Å². The van der Waals surface area contributed by atoms with Crippen molar-refractivity contribution in [3.05, 3.63) is 0 Å². The molecule has 0 heterocycles. The highest BCUT2D eigenvalue weighted by Crippen LogP contribution is 2.71. The smallest absolute Gasteiger partial charge is 0.309 e. The number of aliphatic hydroxyl groups is 3. The maximum atomic E-state index is 12.6. The topological polar surface area (TPSA) is 113 Å². The molecule has 4 rings (SSSR count). The van der Waals surface area contributed by atoms with Crippen LogP contribution in [0.4, 0.5) is 0 Å². The van der Waals surface area contributed by atoms with Gasteiger partial charge in [-0.05, 0) is 87.9 Å². The van der Waals surface area contributed by atoms with E-state index in [1.54, 1.807) is 13.8 Å². The van der Waals surface area contributed by atoms with Gasteiger partial charge in [0.05, 0.1) is 23.0 Å². The second-order valence-electron chi connectivity index (χ2n) is 12.7. The molecule has 4 fully saturated rings. The molecule has 0 spiro atoms. The Hall–Kier alpha value is -1.18. The molecule has 0 aromatic rings. The number of rotatable bonds is 5. The Labute approximate surface area is 210 Å². The molecule has 7 heteroatoms. The molecule has 0 saturated heterocycles. The number of carbonyl (C=O) groups is 2. The molecule has 3 N–H and O–H groups in total. The normalized spacial score (nSPS) is 48.7. The lowest BCUT2D eigenvalue weighted by Gasteiger charge is -2.66. The van der Waals surface area contributed by atoms with E-state index >= 15 is 0 Å². The van der Waals surface area contributed by atoms with Crippen LogP contribution in [0.1, 0.15) is 99.3 Å². The van der Waals surface area contributed by atoms with Gasteiger partial charge in [0.1, 0.15) is 17.8 Å². The third-order valence-electron chi connectivity index (χ3n) is 11.4. The molecule has 0 aromatic carbocycles. The quantitative estimate of drug-likeness (QED) is 0.499. The van der Waals surface area contributed by atoms with Gasteiger partial charge in [-0.25, -0.2) is 0 Å². The molecule has 4 aliphatic carbocycles. The van der Waals surface area contributed by atoms with Crippen LogP contribution >= 0.6 is 0 Å². The molecule has 11 atom stereocenters. The average Bonchev–Trinajstić information content (AvgIpc) is 3.02. The zero-order valence-corrected chi connectivity index (χ0v) is 22.4. The van der Waals surface area contributed by atoms with Gasteiger partial charge in [0.2, 0.25) is 0 Å². The molecule has 200 valence electrons. The molecule has 1 unspecified atom stereocenters. The van der Waals surface area contributed by atoms with Crippen molar-refractivity contribution in [1.82, 2.24) is 0 Å². The summed E-state index contributed by atoms with van der Waals surface area (Å²) in [6, 6.07) is 0. The lowest BCUT2D eigenvalue weighted by molar-refractivity contribution is -0.290. The van der Waals surface area contributed by atoms with E-state index in [9.17, 15) is 24.9 Å². The van der Waals surface area contributed by atoms with Crippen molar-refractivity contribution < 1.29 is 34.4 Å². The summed E-state index contributed by atoms with van der Waals surface area (Å²) in [5, 5.41) is 35.1. The van der Waals surface area contributed by atoms with Crippen molar-refractivity contribution in [2.75, 3.05) is 0 Å². The van der Waals surface area contributed by atoms with Crippen molar-refractivity contribution in [3.8, 4) is 0 Å². The molecular weight excluding hydrogens is 448 g/mol. The number of aliphatic hydroxyl groups excluding tert-OH is 1. The first kappa shape index (κ1) is 26.9. The first-order valence-corrected chi connectivity index (χ1v) is 13.7. The van der Waals surface area contributed by atoms with Gasteiger partial charge in [0.15, 0.2) is 0 Å². The maximum absolute atomic E-state index is 12.6. The van der Waals surface area contributed by atoms with Gasteiger partial charge in [-0.1, -0.05) is 27.7 Å². The van der Waals surface area contributed by atoms with E-state index < -0.39 is 34.8 Å². The average molecular weight is 495 g/mol. The van der Waals surface area contributed by atoms with Crippen LogP contribution in [-0.4, -0.2) is 56.8 Å². The van der Waals surface area contributed by atoms with E-state index in [4.69, 9.17) is 9.47 Å². The zero-order valence-electron chi connectivity index (χ0n) is 22.4. The summed E-state index contributed by atoms with van der Waals surface area (Å²) in [4.78, 5) is 24.9. The molecule has 4 saturated carbocycles. The van der Waals surface area contributed by atoms with Crippen LogP contribution in [0.2, 0.25) is 0 Å². The zero-order chi connectivity index (χ0) is 26.0. The third-order valence-corrected chi connectivity index (χ3v) is 11.4. The second kappa shape index (κ2) is 8.98. The fourth-order valence-corrected chi connectivity index (χ4v) is 8.80. The Kier molecular flexibility index (Phi) is 6.90.